The summed E-state index contributed by atoms with van der Waals surface area (Å²) in [6.45, 7) is 5.35. The monoisotopic (exact) mass is 687 g/mol. The van der Waals surface area contributed by atoms with Crippen LogP contribution in [0.4, 0.5) is 13.2 Å². The van der Waals surface area contributed by atoms with Crippen LogP contribution in [0.2, 0.25) is 0 Å². The number of aliphatic hydroxyl groups excluding tert-OH is 3. The summed E-state index contributed by atoms with van der Waals surface area (Å²) in [5, 5.41) is 40.6. The molecule has 3 rings (SSSR count). The summed E-state index contributed by atoms with van der Waals surface area (Å²) in [7, 11) is 0. The number of ether oxygens (including phenoxy) is 2. The Morgan fingerprint density at radius 2 is 1.73 bits per heavy atom. The van der Waals surface area contributed by atoms with Crippen molar-refractivity contribution in [3.8, 4) is 5.75 Å². The van der Waals surface area contributed by atoms with Gasteiger partial charge in [0.15, 0.2) is 0 Å². The van der Waals surface area contributed by atoms with Gasteiger partial charge >= 0.3 is 12.1 Å². The molecule has 270 valence electrons. The lowest BCUT2D eigenvalue weighted by molar-refractivity contribution is -0.757. The number of esters is 1. The van der Waals surface area contributed by atoms with Crippen LogP contribution in [-0.2, 0) is 20.5 Å². The summed E-state index contributed by atoms with van der Waals surface area (Å²) >= 11 is 0. The highest BCUT2D eigenvalue weighted by Crippen LogP contribution is 2.36. The quantitative estimate of drug-likeness (QED) is 0.0605. The van der Waals surface area contributed by atoms with Gasteiger partial charge in [0.25, 0.3) is 5.09 Å². The molecule has 1 aromatic rings. The van der Waals surface area contributed by atoms with Gasteiger partial charge in [-0.25, -0.2) is 0 Å². The molecule has 1 saturated heterocycles. The predicted molar refractivity (Wildman–Crippen MR) is 169 cm³/mol. The summed E-state index contributed by atoms with van der Waals surface area (Å²) in [6.07, 6.45) is 3.29. The minimum Gasteiger partial charge on any atom is -0.491 e. The zero-order valence-corrected chi connectivity index (χ0v) is 27.1. The van der Waals surface area contributed by atoms with Gasteiger partial charge in [0.2, 0.25) is 0 Å². The van der Waals surface area contributed by atoms with E-state index in [4.69, 9.17) is 9.47 Å². The number of aliphatic hydroxyl groups is 3. The Bertz CT molecular complexity index is 1180. The van der Waals surface area contributed by atoms with Crippen LogP contribution in [0.15, 0.2) is 48.6 Å². The van der Waals surface area contributed by atoms with Crippen molar-refractivity contribution in [3.63, 3.8) is 0 Å². The molecule has 3 N–H and O–H groups in total. The number of allylic oxidation sites excluding steroid dienone is 2. The fourth-order valence-corrected chi connectivity index (χ4v) is 5.91. The van der Waals surface area contributed by atoms with E-state index in [0.29, 0.717) is 38.7 Å². The zero-order chi connectivity index (χ0) is 34.9. The molecular weight excluding hydrogens is 639 g/mol. The molecule has 15 heteroatoms. The highest BCUT2D eigenvalue weighted by molar-refractivity contribution is 5.69. The number of halogens is 3. The minimum atomic E-state index is -4.50. The number of hydrogen-bond acceptors (Lipinski definition) is 11. The van der Waals surface area contributed by atoms with Crippen molar-refractivity contribution in [3.05, 3.63) is 64.2 Å². The maximum absolute atomic E-state index is 12.9. The lowest BCUT2D eigenvalue weighted by atomic mass is 9.89. The average molecular weight is 688 g/mol. The van der Waals surface area contributed by atoms with E-state index in [1.165, 1.54) is 18.2 Å². The van der Waals surface area contributed by atoms with Crippen molar-refractivity contribution in [2.75, 3.05) is 59.1 Å². The highest BCUT2D eigenvalue weighted by atomic mass is 19.4. The first kappa shape index (κ1) is 39.2. The number of carbonyl (C=O) groups excluding carboxylic acids is 1. The number of piperazine rings is 1. The Labute approximate surface area is 278 Å². The number of alkyl halides is 3. The highest BCUT2D eigenvalue weighted by Gasteiger charge is 2.39. The molecule has 1 aromatic carbocycles. The SMILES string of the molecule is O=C(CCCC=CC[C@@H]1[C@@H](C=C[C@@H](O)COc2cccc(C(F)(F)F)c2)[C@H](O)C[C@@H]1O)OCCCN1CCN(CCCO[N+](=O)[O-])CC1. The second-order valence-corrected chi connectivity index (χ2v) is 12.2. The van der Waals surface area contributed by atoms with E-state index in [-0.39, 0.29) is 37.3 Å². The fourth-order valence-electron chi connectivity index (χ4n) is 5.91. The number of benzene rings is 1. The lowest BCUT2D eigenvalue weighted by Crippen LogP contribution is -2.47. The molecule has 48 heavy (non-hydrogen) atoms. The van der Waals surface area contributed by atoms with Crippen LogP contribution in [0.1, 0.15) is 50.5 Å². The molecule has 1 aliphatic carbocycles. The average Bonchev–Trinajstić information content (AvgIpc) is 3.32. The normalized spacial score (nSPS) is 23.1. The van der Waals surface area contributed by atoms with Crippen LogP contribution in [0.3, 0.4) is 0 Å². The molecule has 5 atom stereocenters. The van der Waals surface area contributed by atoms with Crippen LogP contribution in [-0.4, -0.2) is 114 Å². The molecular formula is C33H48F3N3O9. The first-order valence-corrected chi connectivity index (χ1v) is 16.5. The number of nitrogens with zero attached hydrogens (tertiary/aromatic N) is 3. The Kier molecular flexibility index (Phi) is 16.6. The van der Waals surface area contributed by atoms with Crippen LogP contribution in [0.5, 0.6) is 5.75 Å². The molecule has 2 aliphatic rings. The van der Waals surface area contributed by atoms with Crippen molar-refractivity contribution in [1.29, 1.82) is 0 Å². The molecule has 0 spiro atoms. The van der Waals surface area contributed by atoms with Gasteiger partial charge in [-0.05, 0) is 56.2 Å². The molecule has 0 bridgehead atoms. The van der Waals surface area contributed by atoms with E-state index in [1.807, 2.05) is 12.2 Å². The van der Waals surface area contributed by atoms with Crippen molar-refractivity contribution in [2.24, 2.45) is 11.8 Å². The van der Waals surface area contributed by atoms with E-state index in [1.54, 1.807) is 6.08 Å². The van der Waals surface area contributed by atoms with Gasteiger partial charge in [-0.3, -0.25) is 4.79 Å². The zero-order valence-electron chi connectivity index (χ0n) is 27.1. The van der Waals surface area contributed by atoms with Crippen molar-refractivity contribution >= 4 is 5.97 Å². The second kappa shape index (κ2) is 20.3. The lowest BCUT2D eigenvalue weighted by Gasteiger charge is -2.34. The summed E-state index contributed by atoms with van der Waals surface area (Å²) < 4.78 is 49.4. The van der Waals surface area contributed by atoms with Gasteiger partial charge in [-0.2, -0.15) is 13.2 Å². The summed E-state index contributed by atoms with van der Waals surface area (Å²) in [5.41, 5.74) is -0.849. The molecule has 2 fully saturated rings. The molecule has 0 unspecified atom stereocenters. The number of hydrogen-bond donors (Lipinski definition) is 3. The molecule has 1 heterocycles. The molecule has 1 aliphatic heterocycles. The topological polar surface area (TPSA) is 155 Å². The Morgan fingerprint density at radius 3 is 2.40 bits per heavy atom. The van der Waals surface area contributed by atoms with E-state index in [0.717, 1.165) is 57.8 Å². The smallest absolute Gasteiger partial charge is 0.416 e. The minimum absolute atomic E-state index is 0.0225. The maximum atomic E-state index is 12.9. The second-order valence-electron chi connectivity index (χ2n) is 12.2. The van der Waals surface area contributed by atoms with E-state index in [2.05, 4.69) is 14.6 Å². The Hall–Kier alpha value is -3.24. The number of carbonyl (C=O) groups is 1. The predicted octanol–water partition coefficient (Wildman–Crippen LogP) is 3.63. The number of rotatable bonds is 20. The van der Waals surface area contributed by atoms with Crippen LogP contribution in [0, 0.1) is 22.0 Å². The van der Waals surface area contributed by atoms with Gasteiger partial charge < -0.3 is 39.4 Å². The summed E-state index contributed by atoms with van der Waals surface area (Å²) in [4.78, 5) is 31.2. The fraction of sp³-hybridized carbons (Fsp3) is 0.667. The molecule has 0 aromatic heterocycles. The molecule has 12 nitrogen and oxygen atoms in total. The van der Waals surface area contributed by atoms with Crippen LogP contribution in [0.25, 0.3) is 0 Å². The van der Waals surface area contributed by atoms with Crippen molar-refractivity contribution < 1.29 is 52.7 Å². The van der Waals surface area contributed by atoms with Crippen molar-refractivity contribution in [2.45, 2.75) is 69.4 Å². The third-order valence-corrected chi connectivity index (χ3v) is 8.54. The first-order chi connectivity index (χ1) is 22.9. The molecule has 0 radical (unpaired) electrons. The van der Waals surface area contributed by atoms with Gasteiger partial charge in [-0.1, -0.05) is 30.4 Å². The Balaban J connectivity index is 1.26. The van der Waals surface area contributed by atoms with Crippen molar-refractivity contribution in [1.82, 2.24) is 9.80 Å². The summed E-state index contributed by atoms with van der Waals surface area (Å²) in [6, 6.07) is 4.38. The third-order valence-electron chi connectivity index (χ3n) is 8.54. The van der Waals surface area contributed by atoms with Crippen LogP contribution >= 0.6 is 0 Å². The number of unbranched alkanes of at least 4 members (excludes halogenated alkanes) is 1. The van der Waals surface area contributed by atoms with E-state index in [9.17, 15) is 43.4 Å². The standard InChI is InChI=1S/C33H48F3N3O9/c34-33(35,36)25-8-5-9-27(22-25)47-24-26(40)12-13-29-28(30(41)23-31(29)42)10-3-1-2-4-11-32(43)46-20-6-14-37-16-18-38(19-17-37)15-7-21-48-39(44)45/h1,3,5,8-9,12-13,22,26,28-31,40-42H,2,4,6-7,10-11,14-21,23-24H2/t26-,28-,29-,30+,31-/m1/s1. The van der Waals surface area contributed by atoms with Gasteiger partial charge in [0.1, 0.15) is 18.5 Å². The Morgan fingerprint density at radius 1 is 1.04 bits per heavy atom. The van der Waals surface area contributed by atoms with E-state index < -0.39 is 41.1 Å². The van der Waals surface area contributed by atoms with Crippen LogP contribution < -0.4 is 4.74 Å². The maximum Gasteiger partial charge on any atom is 0.416 e. The van der Waals surface area contributed by atoms with Gasteiger partial charge in [0, 0.05) is 58.0 Å². The molecule has 0 amide bonds. The van der Waals surface area contributed by atoms with E-state index >= 15 is 0 Å². The summed E-state index contributed by atoms with van der Waals surface area (Å²) in [5.74, 6) is -0.979. The van der Waals surface area contributed by atoms with Gasteiger partial charge in [0.05, 0.1) is 31.0 Å². The molecule has 1 saturated carbocycles. The van der Waals surface area contributed by atoms with Gasteiger partial charge in [-0.15, -0.1) is 10.1 Å². The third kappa shape index (κ3) is 14.5. The first-order valence-electron chi connectivity index (χ1n) is 16.5. The largest absolute Gasteiger partial charge is 0.491 e.